The van der Waals surface area contributed by atoms with Crippen LogP contribution >= 0.6 is 11.8 Å². The van der Waals surface area contributed by atoms with Crippen LogP contribution in [0.3, 0.4) is 0 Å². The molecule has 1 aliphatic rings. The van der Waals surface area contributed by atoms with E-state index in [9.17, 15) is 14.4 Å². The highest BCUT2D eigenvalue weighted by Gasteiger charge is 2.38. The SMILES string of the molecule is CCOC(=O)c1c(N)/c(=C\c2ccc(OC)cc2)c2n1C(=O)C(c1ccc(OC)cc1)SC=2C(=O)OC. The van der Waals surface area contributed by atoms with E-state index in [-0.39, 0.29) is 28.2 Å². The average Bonchev–Trinajstić information content (AvgIpc) is 3.21. The van der Waals surface area contributed by atoms with E-state index >= 15 is 0 Å². The smallest absolute Gasteiger partial charge is 0.357 e. The second-order valence-corrected chi connectivity index (χ2v) is 9.04. The predicted molar refractivity (Wildman–Crippen MR) is 140 cm³/mol. The lowest BCUT2D eigenvalue weighted by Crippen LogP contribution is -2.42. The van der Waals surface area contributed by atoms with E-state index in [0.29, 0.717) is 22.3 Å². The summed E-state index contributed by atoms with van der Waals surface area (Å²) in [5, 5.41) is -0.327. The van der Waals surface area contributed by atoms with Crippen molar-refractivity contribution >= 4 is 46.3 Å². The lowest BCUT2D eigenvalue weighted by atomic mass is 10.1. The van der Waals surface area contributed by atoms with Crippen molar-refractivity contribution in [1.29, 1.82) is 0 Å². The van der Waals surface area contributed by atoms with Crippen LogP contribution in [0, 0.1) is 0 Å². The zero-order chi connectivity index (χ0) is 26.7. The molecule has 0 bridgehead atoms. The molecular formula is C27H26N2O7S. The van der Waals surface area contributed by atoms with Crippen molar-refractivity contribution in [1.82, 2.24) is 4.57 Å². The first kappa shape index (κ1) is 25.9. The van der Waals surface area contributed by atoms with Crippen molar-refractivity contribution in [2.45, 2.75) is 12.2 Å². The molecule has 2 N–H and O–H groups in total. The Kier molecular flexibility index (Phi) is 7.58. The number of aromatic nitrogens is 1. The Hall–Kier alpha value is -4.18. The van der Waals surface area contributed by atoms with Gasteiger partial charge in [0.05, 0.1) is 39.0 Å². The molecule has 0 spiro atoms. The van der Waals surface area contributed by atoms with E-state index in [2.05, 4.69) is 0 Å². The second-order valence-electron chi connectivity index (χ2n) is 7.93. The fourth-order valence-corrected chi connectivity index (χ4v) is 5.26. The van der Waals surface area contributed by atoms with Crippen LogP contribution in [0.4, 0.5) is 5.69 Å². The third kappa shape index (κ3) is 4.79. The number of esters is 2. The van der Waals surface area contributed by atoms with E-state index in [1.165, 1.54) is 11.7 Å². The first-order chi connectivity index (χ1) is 17.8. The molecule has 1 unspecified atom stereocenters. The summed E-state index contributed by atoms with van der Waals surface area (Å²) >= 11 is 1.04. The van der Waals surface area contributed by atoms with Gasteiger partial charge in [0.1, 0.15) is 21.7 Å². The molecule has 1 aromatic heterocycles. The number of fused-ring (bicyclic) bond motifs is 1. The highest BCUT2D eigenvalue weighted by molar-refractivity contribution is 8.10. The van der Waals surface area contributed by atoms with Gasteiger partial charge in [-0.3, -0.25) is 9.36 Å². The van der Waals surface area contributed by atoms with Gasteiger partial charge < -0.3 is 24.7 Å². The number of rotatable bonds is 7. The maximum absolute atomic E-state index is 13.9. The normalized spacial score (nSPS) is 15.2. The van der Waals surface area contributed by atoms with Gasteiger partial charge in [-0.25, -0.2) is 9.59 Å². The number of hydrogen-bond acceptors (Lipinski definition) is 9. The lowest BCUT2D eigenvalue weighted by molar-refractivity contribution is -0.133. The molecule has 9 nitrogen and oxygen atoms in total. The molecule has 0 saturated heterocycles. The molecule has 37 heavy (non-hydrogen) atoms. The number of nitrogen functional groups attached to an aromatic ring is 1. The molecule has 4 rings (SSSR count). The van der Waals surface area contributed by atoms with Crippen LogP contribution in [0.2, 0.25) is 0 Å². The number of hydrogen-bond donors (Lipinski definition) is 1. The van der Waals surface area contributed by atoms with Crippen molar-refractivity contribution in [3.8, 4) is 11.5 Å². The Labute approximate surface area is 217 Å². The van der Waals surface area contributed by atoms with Gasteiger partial charge in [0.15, 0.2) is 5.69 Å². The number of nitrogens with two attached hydrogens (primary N) is 1. The molecule has 0 fully saturated rings. The van der Waals surface area contributed by atoms with E-state index < -0.39 is 23.1 Å². The number of nitrogens with zero attached hydrogens (tertiary/aromatic N) is 1. The number of benzene rings is 2. The minimum atomic E-state index is -0.846. The van der Waals surface area contributed by atoms with Crippen LogP contribution in [-0.4, -0.2) is 50.3 Å². The lowest BCUT2D eigenvalue weighted by Gasteiger charge is -2.23. The molecule has 2 heterocycles. The van der Waals surface area contributed by atoms with Crippen molar-refractivity contribution in [2.75, 3.05) is 33.7 Å². The van der Waals surface area contributed by atoms with Crippen LogP contribution in [0.5, 0.6) is 11.5 Å². The first-order valence-electron chi connectivity index (χ1n) is 11.3. The van der Waals surface area contributed by atoms with Crippen LogP contribution in [0.25, 0.3) is 11.0 Å². The van der Waals surface area contributed by atoms with E-state index in [1.807, 2.05) is 0 Å². The zero-order valence-corrected chi connectivity index (χ0v) is 21.6. The predicted octanol–water partition coefficient (Wildman–Crippen LogP) is 2.50. The van der Waals surface area contributed by atoms with Crippen LogP contribution in [-0.2, 0) is 14.3 Å². The third-order valence-electron chi connectivity index (χ3n) is 5.83. The van der Waals surface area contributed by atoms with Crippen molar-refractivity contribution in [3.05, 3.63) is 75.9 Å². The standard InChI is InChI=1S/C27H26N2O7S/c1-5-36-26(31)22-20(28)19(14-15-6-10-17(33-2)11-7-15)21-24(27(32)35-4)37-23(25(30)29(21)22)16-8-12-18(34-3)13-9-16/h6-14,23H,5,28H2,1-4H3/b19-14+. The first-order valence-corrected chi connectivity index (χ1v) is 12.2. The van der Waals surface area contributed by atoms with E-state index in [0.717, 1.165) is 17.3 Å². The molecule has 10 heteroatoms. The van der Waals surface area contributed by atoms with Gasteiger partial charge in [-0.1, -0.05) is 36.0 Å². The number of thioether (sulfide) groups is 1. The summed E-state index contributed by atoms with van der Waals surface area (Å²) in [4.78, 5) is 40.1. The summed E-state index contributed by atoms with van der Waals surface area (Å²) in [6.07, 6.45) is 1.70. The number of carbonyl (C=O) groups excluding carboxylic acids is 3. The van der Waals surface area contributed by atoms with Gasteiger partial charge in [0, 0.05) is 5.22 Å². The molecule has 1 atom stereocenters. The number of anilines is 1. The Bertz CT molecular complexity index is 1470. The van der Waals surface area contributed by atoms with Gasteiger partial charge >= 0.3 is 11.9 Å². The van der Waals surface area contributed by atoms with E-state index in [1.54, 1.807) is 75.8 Å². The Morgan fingerprint density at radius 2 is 1.57 bits per heavy atom. The minimum Gasteiger partial charge on any atom is -0.497 e. The van der Waals surface area contributed by atoms with Gasteiger partial charge in [-0.2, -0.15) is 0 Å². The highest BCUT2D eigenvalue weighted by atomic mass is 32.2. The van der Waals surface area contributed by atoms with Crippen LogP contribution in [0.15, 0.2) is 48.5 Å². The molecule has 0 aliphatic carbocycles. The van der Waals surface area contributed by atoms with Gasteiger partial charge in [-0.05, 0) is 48.4 Å². The summed E-state index contributed by atoms with van der Waals surface area (Å²) < 4.78 is 21.9. The maximum Gasteiger partial charge on any atom is 0.357 e. The van der Waals surface area contributed by atoms with Crippen molar-refractivity contribution < 1.29 is 33.3 Å². The molecule has 192 valence electrons. The fraction of sp³-hybridized carbons (Fsp3) is 0.222. The summed E-state index contributed by atoms with van der Waals surface area (Å²) in [5.74, 6) is -0.597. The largest absolute Gasteiger partial charge is 0.497 e. The molecular weight excluding hydrogens is 496 g/mol. The zero-order valence-electron chi connectivity index (χ0n) is 20.8. The summed E-state index contributed by atoms with van der Waals surface area (Å²) in [5.41, 5.74) is 7.71. The topological polar surface area (TPSA) is 119 Å². The number of carbonyl (C=O) groups is 3. The molecule has 0 saturated carbocycles. The molecule has 3 aromatic rings. The van der Waals surface area contributed by atoms with Crippen LogP contribution < -0.4 is 25.8 Å². The molecule has 0 amide bonds. The minimum absolute atomic E-state index is 0.0232. The van der Waals surface area contributed by atoms with Gasteiger partial charge in [0.2, 0.25) is 5.91 Å². The summed E-state index contributed by atoms with van der Waals surface area (Å²) in [6, 6.07) is 14.0. The Morgan fingerprint density at radius 1 is 0.973 bits per heavy atom. The third-order valence-corrected chi connectivity index (χ3v) is 7.13. The average molecular weight is 523 g/mol. The molecule has 1 aliphatic heterocycles. The van der Waals surface area contributed by atoms with E-state index in [4.69, 9.17) is 24.7 Å². The van der Waals surface area contributed by atoms with Crippen molar-refractivity contribution in [2.24, 2.45) is 0 Å². The monoisotopic (exact) mass is 522 g/mol. The number of ether oxygens (including phenoxy) is 4. The van der Waals surface area contributed by atoms with Gasteiger partial charge in [0.25, 0.3) is 0 Å². The van der Waals surface area contributed by atoms with Gasteiger partial charge in [-0.15, -0.1) is 0 Å². The Morgan fingerprint density at radius 3 is 2.11 bits per heavy atom. The number of methoxy groups -OCH3 is 3. The van der Waals surface area contributed by atoms with Crippen molar-refractivity contribution in [3.63, 3.8) is 0 Å². The maximum atomic E-state index is 13.9. The molecule has 0 radical (unpaired) electrons. The summed E-state index contributed by atoms with van der Waals surface area (Å²) in [6.45, 7) is 1.73. The second kappa shape index (κ2) is 10.8. The quantitative estimate of drug-likeness (QED) is 0.467. The highest BCUT2D eigenvalue weighted by Crippen LogP contribution is 2.40. The van der Waals surface area contributed by atoms with Crippen LogP contribution in [0.1, 0.15) is 38.6 Å². The fourth-order valence-electron chi connectivity index (χ4n) is 4.03. The molecule has 2 aromatic carbocycles. The summed E-state index contributed by atoms with van der Waals surface area (Å²) in [7, 11) is 4.36. The Balaban J connectivity index is 2.04.